The number of carbonyl (C=O) groups is 2. The first-order valence-corrected chi connectivity index (χ1v) is 5.80. The Labute approximate surface area is 121 Å². The van der Waals surface area contributed by atoms with Crippen molar-refractivity contribution in [1.29, 1.82) is 0 Å². The third-order valence-corrected chi connectivity index (χ3v) is 2.47. The SMILES string of the molecule is COC(=O)C=Cc1ccc(N([O-])O)c(C=CC(=O)OC)c1. The van der Waals surface area contributed by atoms with Gasteiger partial charge in [0.15, 0.2) is 0 Å². The summed E-state index contributed by atoms with van der Waals surface area (Å²) in [4.78, 5) is 22.1. The molecule has 21 heavy (non-hydrogen) atoms. The number of methoxy groups -OCH3 is 2. The molecule has 7 nitrogen and oxygen atoms in total. The van der Waals surface area contributed by atoms with Crippen LogP contribution in [0.15, 0.2) is 30.4 Å². The summed E-state index contributed by atoms with van der Waals surface area (Å²) in [7, 11) is 2.47. The van der Waals surface area contributed by atoms with Crippen LogP contribution in [0.2, 0.25) is 0 Å². The van der Waals surface area contributed by atoms with E-state index in [0.29, 0.717) is 5.56 Å². The summed E-state index contributed by atoms with van der Waals surface area (Å²) < 4.78 is 8.90. The van der Waals surface area contributed by atoms with Crippen LogP contribution in [0, 0.1) is 5.21 Å². The van der Waals surface area contributed by atoms with E-state index >= 15 is 0 Å². The zero-order chi connectivity index (χ0) is 15.8. The number of hydrogen-bond donors (Lipinski definition) is 1. The van der Waals surface area contributed by atoms with Crippen LogP contribution in [0.4, 0.5) is 5.69 Å². The van der Waals surface area contributed by atoms with Crippen molar-refractivity contribution in [3.05, 3.63) is 46.7 Å². The fourth-order valence-electron chi connectivity index (χ4n) is 1.44. The Morgan fingerprint density at radius 2 is 1.71 bits per heavy atom. The van der Waals surface area contributed by atoms with Gasteiger partial charge in [-0.2, -0.15) is 0 Å². The molecule has 0 aromatic heterocycles. The van der Waals surface area contributed by atoms with Crippen LogP contribution in [-0.4, -0.2) is 31.4 Å². The van der Waals surface area contributed by atoms with E-state index in [4.69, 9.17) is 5.21 Å². The smallest absolute Gasteiger partial charge is 0.330 e. The second-order valence-electron chi connectivity index (χ2n) is 3.80. The highest BCUT2D eigenvalue weighted by molar-refractivity contribution is 5.89. The van der Waals surface area contributed by atoms with Gasteiger partial charge in [0.1, 0.15) is 0 Å². The number of nitrogens with zero attached hydrogens (tertiary/aromatic N) is 1. The number of ether oxygens (including phenoxy) is 2. The number of rotatable bonds is 5. The molecule has 1 aromatic rings. The Hall–Kier alpha value is -2.64. The molecule has 0 spiro atoms. The van der Waals surface area contributed by atoms with Crippen LogP contribution < -0.4 is 5.23 Å². The Bertz CT molecular complexity index is 577. The van der Waals surface area contributed by atoms with E-state index in [2.05, 4.69) is 9.47 Å². The molecule has 0 unspecified atom stereocenters. The highest BCUT2D eigenvalue weighted by Gasteiger charge is 2.03. The molecule has 0 heterocycles. The molecule has 0 radical (unpaired) electrons. The van der Waals surface area contributed by atoms with Crippen LogP contribution in [0.3, 0.4) is 0 Å². The van der Waals surface area contributed by atoms with E-state index in [-0.39, 0.29) is 16.5 Å². The van der Waals surface area contributed by atoms with Crippen molar-refractivity contribution in [2.75, 3.05) is 19.4 Å². The highest BCUT2D eigenvalue weighted by Crippen LogP contribution is 2.22. The van der Waals surface area contributed by atoms with Crippen LogP contribution >= 0.6 is 0 Å². The Morgan fingerprint density at radius 1 is 1.14 bits per heavy atom. The molecule has 0 aliphatic rings. The van der Waals surface area contributed by atoms with Gasteiger partial charge in [0.05, 0.1) is 19.9 Å². The Kier molecular flexibility index (Phi) is 6.12. The average Bonchev–Trinajstić information content (AvgIpc) is 2.49. The zero-order valence-corrected chi connectivity index (χ0v) is 11.5. The van der Waals surface area contributed by atoms with Gasteiger partial charge >= 0.3 is 11.9 Å². The molecule has 0 saturated carbocycles. The van der Waals surface area contributed by atoms with E-state index in [0.717, 1.165) is 6.08 Å². The van der Waals surface area contributed by atoms with Crippen LogP contribution in [0.1, 0.15) is 11.1 Å². The molecule has 0 atom stereocenters. The standard InChI is InChI=1S/C14H14NO6/c1-20-13(16)7-4-10-3-6-12(15(18)19)11(9-10)5-8-14(17)21-2/h3-9,18H,1-2H3/q-1. The van der Waals surface area contributed by atoms with Gasteiger partial charge in [-0.05, 0) is 29.8 Å². The normalized spacial score (nSPS) is 10.9. The van der Waals surface area contributed by atoms with Crippen molar-refractivity contribution in [1.82, 2.24) is 0 Å². The monoisotopic (exact) mass is 292 g/mol. The molecule has 112 valence electrons. The lowest BCUT2D eigenvalue weighted by Gasteiger charge is -2.23. The van der Waals surface area contributed by atoms with Crippen molar-refractivity contribution in [3.63, 3.8) is 0 Å². The maximum Gasteiger partial charge on any atom is 0.330 e. The molecule has 1 aromatic carbocycles. The molecule has 1 N–H and O–H groups in total. The van der Waals surface area contributed by atoms with Gasteiger partial charge in [-0.15, -0.1) is 0 Å². The van der Waals surface area contributed by atoms with Gasteiger partial charge in [0.2, 0.25) is 0 Å². The van der Waals surface area contributed by atoms with Gasteiger partial charge in [-0.3, -0.25) is 5.21 Å². The van der Waals surface area contributed by atoms with Gasteiger partial charge < -0.3 is 19.9 Å². The predicted octanol–water partition coefficient (Wildman–Crippen LogP) is 1.75. The highest BCUT2D eigenvalue weighted by atomic mass is 16.8. The lowest BCUT2D eigenvalue weighted by molar-refractivity contribution is -0.135. The summed E-state index contributed by atoms with van der Waals surface area (Å²) in [6.07, 6.45) is 5.10. The second kappa shape index (κ2) is 7.83. The molecule has 0 bridgehead atoms. The first-order chi connectivity index (χ1) is 9.97. The minimum atomic E-state index is -0.605. The van der Waals surface area contributed by atoms with Crippen LogP contribution in [-0.2, 0) is 19.1 Å². The molecule has 0 fully saturated rings. The Balaban J connectivity index is 3.12. The third-order valence-electron chi connectivity index (χ3n) is 2.47. The van der Waals surface area contributed by atoms with Crippen molar-refractivity contribution in [2.45, 2.75) is 0 Å². The topological polar surface area (TPSA) is 99.1 Å². The molecule has 7 heteroatoms. The summed E-state index contributed by atoms with van der Waals surface area (Å²) >= 11 is 0. The molecule has 0 saturated heterocycles. The minimum Gasteiger partial charge on any atom is -0.733 e. The predicted molar refractivity (Wildman–Crippen MR) is 76.2 cm³/mol. The quantitative estimate of drug-likeness (QED) is 0.501. The van der Waals surface area contributed by atoms with Crippen molar-refractivity contribution in [2.24, 2.45) is 0 Å². The lowest BCUT2D eigenvalue weighted by atomic mass is 10.1. The fraction of sp³-hybridized carbons (Fsp3) is 0.143. The van der Waals surface area contributed by atoms with Gasteiger partial charge in [-0.1, -0.05) is 6.07 Å². The molecule has 0 aliphatic carbocycles. The maximum atomic E-state index is 11.1. The van der Waals surface area contributed by atoms with E-state index in [9.17, 15) is 14.8 Å². The van der Waals surface area contributed by atoms with E-state index in [1.165, 1.54) is 50.6 Å². The summed E-state index contributed by atoms with van der Waals surface area (Å²) in [5, 5.41) is 19.7. The van der Waals surface area contributed by atoms with Crippen LogP contribution in [0.25, 0.3) is 12.2 Å². The van der Waals surface area contributed by atoms with E-state index in [1.54, 1.807) is 0 Å². The number of hydrogen-bond acceptors (Lipinski definition) is 7. The first-order valence-electron chi connectivity index (χ1n) is 5.80. The Morgan fingerprint density at radius 3 is 2.24 bits per heavy atom. The average molecular weight is 292 g/mol. The zero-order valence-electron chi connectivity index (χ0n) is 11.5. The number of carbonyl (C=O) groups excluding carboxylic acids is 2. The molecule has 1 rings (SSSR count). The molecule has 0 amide bonds. The van der Waals surface area contributed by atoms with Crippen molar-refractivity contribution in [3.8, 4) is 0 Å². The summed E-state index contributed by atoms with van der Waals surface area (Å²) in [6.45, 7) is 0. The van der Waals surface area contributed by atoms with Gasteiger partial charge in [-0.25, -0.2) is 9.59 Å². The number of benzene rings is 1. The maximum absolute atomic E-state index is 11.1. The van der Waals surface area contributed by atoms with Gasteiger partial charge in [0, 0.05) is 17.7 Å². The molecular formula is C14H14NO6-. The third kappa shape index (κ3) is 5.09. The summed E-state index contributed by atoms with van der Waals surface area (Å²) in [5.74, 6) is -1.13. The molecular weight excluding hydrogens is 278 g/mol. The van der Waals surface area contributed by atoms with E-state index in [1.807, 2.05) is 0 Å². The summed E-state index contributed by atoms with van der Waals surface area (Å²) in [6, 6.07) is 4.38. The van der Waals surface area contributed by atoms with E-state index < -0.39 is 11.9 Å². The first kappa shape index (κ1) is 16.4. The van der Waals surface area contributed by atoms with Crippen molar-refractivity contribution < 1.29 is 24.3 Å². The minimum absolute atomic E-state index is 0.0506. The largest absolute Gasteiger partial charge is 0.733 e. The van der Waals surface area contributed by atoms with Gasteiger partial charge in [0.25, 0.3) is 0 Å². The lowest BCUT2D eigenvalue weighted by Crippen LogP contribution is -2.08. The van der Waals surface area contributed by atoms with Crippen molar-refractivity contribution >= 4 is 29.8 Å². The van der Waals surface area contributed by atoms with Crippen LogP contribution in [0.5, 0.6) is 0 Å². The number of anilines is 1. The fourth-order valence-corrected chi connectivity index (χ4v) is 1.44. The number of esters is 2. The summed E-state index contributed by atoms with van der Waals surface area (Å²) in [5.41, 5.74) is 0.811. The second-order valence-corrected chi connectivity index (χ2v) is 3.80. The molecule has 0 aliphatic heterocycles.